The van der Waals surface area contributed by atoms with Gasteiger partial charge in [-0.25, -0.2) is 4.39 Å². The quantitative estimate of drug-likeness (QED) is 0.897. The molecule has 0 radical (unpaired) electrons. The van der Waals surface area contributed by atoms with Crippen molar-refractivity contribution < 1.29 is 14.2 Å². The van der Waals surface area contributed by atoms with E-state index in [0.29, 0.717) is 11.5 Å². The molecule has 1 aliphatic rings. The van der Waals surface area contributed by atoms with Crippen LogP contribution in [-0.2, 0) is 0 Å². The summed E-state index contributed by atoms with van der Waals surface area (Å²) in [6, 6.07) is 3.33. The number of aryl methyl sites for hydroxylation is 1. The van der Waals surface area contributed by atoms with Gasteiger partial charge in [-0.2, -0.15) is 5.10 Å². The molecule has 0 fully saturated rings. The second kappa shape index (κ2) is 6.02. The van der Waals surface area contributed by atoms with Crippen molar-refractivity contribution in [2.45, 2.75) is 39.7 Å². The molecule has 1 aromatic rings. The summed E-state index contributed by atoms with van der Waals surface area (Å²) in [7, 11) is 0. The number of hydrogen-bond donors (Lipinski definition) is 2. The highest BCUT2D eigenvalue weighted by Gasteiger charge is 2.21. The summed E-state index contributed by atoms with van der Waals surface area (Å²) in [6.07, 6.45) is 0.983. The van der Waals surface area contributed by atoms with Gasteiger partial charge in [0.2, 0.25) is 0 Å². The molecule has 0 saturated carbocycles. The van der Waals surface area contributed by atoms with Crippen LogP contribution in [0, 0.1) is 18.7 Å². The molecule has 0 spiro atoms. The van der Waals surface area contributed by atoms with Crippen molar-refractivity contribution >= 4 is 5.71 Å². The summed E-state index contributed by atoms with van der Waals surface area (Å²) < 4.78 is 19.7. The Hall–Kier alpha value is -1.62. The first kappa shape index (κ1) is 15.8. The first-order chi connectivity index (χ1) is 9.78. The molecule has 1 atom stereocenters. The Kier molecular flexibility index (Phi) is 4.52. The zero-order chi connectivity index (χ0) is 15.6. The van der Waals surface area contributed by atoms with E-state index >= 15 is 0 Å². The minimum atomic E-state index is -0.997. The zero-order valence-corrected chi connectivity index (χ0v) is 13.0. The lowest BCUT2D eigenvalue weighted by Crippen LogP contribution is -2.29. The van der Waals surface area contributed by atoms with Gasteiger partial charge in [-0.05, 0) is 44.9 Å². The maximum Gasteiger partial charge on any atom is 0.166 e. The molecule has 0 aliphatic carbocycles. The van der Waals surface area contributed by atoms with E-state index in [1.54, 1.807) is 20.8 Å². The van der Waals surface area contributed by atoms with Crippen LogP contribution in [-0.4, -0.2) is 29.6 Å². The minimum Gasteiger partial charge on any atom is -0.487 e. The predicted octanol–water partition coefficient (Wildman–Crippen LogP) is 2.62. The fourth-order valence-electron chi connectivity index (χ4n) is 2.33. The van der Waals surface area contributed by atoms with Gasteiger partial charge in [-0.3, -0.25) is 0 Å². The maximum atomic E-state index is 14.3. The maximum absolute atomic E-state index is 14.3. The van der Waals surface area contributed by atoms with E-state index < -0.39 is 11.4 Å². The molecule has 1 unspecified atom stereocenters. The third kappa shape index (κ3) is 3.94. The van der Waals surface area contributed by atoms with Crippen LogP contribution in [0.4, 0.5) is 4.39 Å². The Bertz CT molecular complexity index is 527. The van der Waals surface area contributed by atoms with Crippen molar-refractivity contribution in [3.8, 4) is 5.75 Å². The highest BCUT2D eigenvalue weighted by Crippen LogP contribution is 2.27. The van der Waals surface area contributed by atoms with Crippen LogP contribution in [0.15, 0.2) is 17.2 Å². The Morgan fingerprint density at radius 1 is 1.48 bits per heavy atom. The van der Waals surface area contributed by atoms with Gasteiger partial charge in [0.05, 0.1) is 11.3 Å². The van der Waals surface area contributed by atoms with Gasteiger partial charge in [0.15, 0.2) is 11.6 Å². The van der Waals surface area contributed by atoms with Gasteiger partial charge >= 0.3 is 0 Å². The average Bonchev–Trinajstić information content (AvgIpc) is 2.36. The molecule has 0 aromatic heterocycles. The molecule has 1 heterocycles. The van der Waals surface area contributed by atoms with Gasteiger partial charge in [0.25, 0.3) is 0 Å². The molecule has 0 amide bonds. The molecular weight excluding hydrogens is 271 g/mol. The molecular formula is C16H23FN2O2. The highest BCUT2D eigenvalue weighted by atomic mass is 19.1. The monoisotopic (exact) mass is 294 g/mol. The van der Waals surface area contributed by atoms with Crippen molar-refractivity contribution in [2.75, 3.05) is 13.2 Å². The third-order valence-electron chi connectivity index (χ3n) is 3.45. The van der Waals surface area contributed by atoms with E-state index in [9.17, 15) is 9.50 Å². The number of nitrogens with zero attached hydrogens (tertiary/aromatic N) is 1. The summed E-state index contributed by atoms with van der Waals surface area (Å²) >= 11 is 0. The van der Waals surface area contributed by atoms with Crippen LogP contribution in [0.2, 0.25) is 0 Å². The summed E-state index contributed by atoms with van der Waals surface area (Å²) in [6.45, 7) is 8.03. The number of nitrogens with one attached hydrogen (secondary N) is 1. The van der Waals surface area contributed by atoms with Gasteiger partial charge < -0.3 is 15.3 Å². The summed E-state index contributed by atoms with van der Waals surface area (Å²) in [4.78, 5) is 0. The van der Waals surface area contributed by atoms with Gasteiger partial charge in [0, 0.05) is 18.0 Å². The minimum absolute atomic E-state index is 0.0447. The van der Waals surface area contributed by atoms with Crippen LogP contribution in [0.1, 0.15) is 38.3 Å². The Morgan fingerprint density at radius 2 is 2.19 bits per heavy atom. The van der Waals surface area contributed by atoms with E-state index in [1.807, 2.05) is 6.07 Å². The topological polar surface area (TPSA) is 53.9 Å². The largest absolute Gasteiger partial charge is 0.487 e. The lowest BCUT2D eigenvalue weighted by molar-refractivity contribution is 0.0269. The van der Waals surface area contributed by atoms with Crippen molar-refractivity contribution in [1.82, 2.24) is 5.43 Å². The average molecular weight is 294 g/mol. The molecule has 1 aromatic carbocycles. The van der Waals surface area contributed by atoms with Gasteiger partial charge in [-0.1, -0.05) is 6.92 Å². The van der Waals surface area contributed by atoms with Crippen molar-refractivity contribution in [3.05, 3.63) is 29.1 Å². The van der Waals surface area contributed by atoms with Crippen molar-refractivity contribution in [3.63, 3.8) is 0 Å². The molecule has 116 valence electrons. The molecule has 21 heavy (non-hydrogen) atoms. The second-order valence-electron chi connectivity index (χ2n) is 6.30. The molecule has 4 nitrogen and oxygen atoms in total. The SMILES string of the molecule is Cc1cc(C2=NNCCC2C)cc(F)c1OCC(C)(C)O. The first-order valence-corrected chi connectivity index (χ1v) is 7.24. The number of ether oxygens (including phenoxy) is 1. The fourth-order valence-corrected chi connectivity index (χ4v) is 2.33. The number of hydrogen-bond acceptors (Lipinski definition) is 4. The number of benzene rings is 1. The smallest absolute Gasteiger partial charge is 0.166 e. The highest BCUT2D eigenvalue weighted by molar-refractivity contribution is 6.02. The van der Waals surface area contributed by atoms with E-state index in [-0.39, 0.29) is 12.4 Å². The predicted molar refractivity (Wildman–Crippen MR) is 81.3 cm³/mol. The molecule has 2 rings (SSSR count). The second-order valence-corrected chi connectivity index (χ2v) is 6.30. The number of hydrazone groups is 1. The van der Waals surface area contributed by atoms with E-state index in [0.717, 1.165) is 24.2 Å². The summed E-state index contributed by atoms with van der Waals surface area (Å²) in [5.74, 6) is 0.0702. The van der Waals surface area contributed by atoms with E-state index in [2.05, 4.69) is 17.5 Å². The fraction of sp³-hybridized carbons (Fsp3) is 0.562. The van der Waals surface area contributed by atoms with Crippen LogP contribution in [0.5, 0.6) is 5.75 Å². The standard InChI is InChI=1S/C16H23FN2O2/c1-10-5-6-18-19-14(10)12-7-11(2)15(13(17)8-12)21-9-16(3,4)20/h7-8,10,18,20H,5-6,9H2,1-4H3. The Labute approximate surface area is 125 Å². The lowest BCUT2D eigenvalue weighted by atomic mass is 9.93. The summed E-state index contributed by atoms with van der Waals surface area (Å²) in [5, 5.41) is 14.0. The molecule has 1 aliphatic heterocycles. The van der Waals surface area contributed by atoms with Crippen LogP contribution < -0.4 is 10.2 Å². The lowest BCUT2D eigenvalue weighted by Gasteiger charge is -2.22. The van der Waals surface area contributed by atoms with Crippen LogP contribution >= 0.6 is 0 Å². The van der Waals surface area contributed by atoms with Crippen LogP contribution in [0.25, 0.3) is 0 Å². The van der Waals surface area contributed by atoms with Crippen molar-refractivity contribution in [1.29, 1.82) is 0 Å². The van der Waals surface area contributed by atoms with Crippen LogP contribution in [0.3, 0.4) is 0 Å². The number of aliphatic hydroxyl groups is 1. The third-order valence-corrected chi connectivity index (χ3v) is 3.45. The molecule has 5 heteroatoms. The van der Waals surface area contributed by atoms with E-state index in [4.69, 9.17) is 4.74 Å². The van der Waals surface area contributed by atoms with E-state index in [1.165, 1.54) is 6.07 Å². The Morgan fingerprint density at radius 3 is 2.76 bits per heavy atom. The zero-order valence-electron chi connectivity index (χ0n) is 13.0. The molecule has 0 saturated heterocycles. The molecule has 0 bridgehead atoms. The van der Waals surface area contributed by atoms with Gasteiger partial charge in [0.1, 0.15) is 6.61 Å². The van der Waals surface area contributed by atoms with Crippen molar-refractivity contribution in [2.24, 2.45) is 11.0 Å². The summed E-state index contributed by atoms with van der Waals surface area (Å²) in [5.41, 5.74) is 4.32. The molecule has 2 N–H and O–H groups in total. The first-order valence-electron chi connectivity index (χ1n) is 7.24. The number of rotatable bonds is 4. The van der Waals surface area contributed by atoms with Gasteiger partial charge in [-0.15, -0.1) is 0 Å². The Balaban J connectivity index is 2.26. The normalized spacial score (nSPS) is 19.0. The number of halogens is 1.